The smallest absolute Gasteiger partial charge is 0.138 e. The highest BCUT2D eigenvalue weighted by Gasteiger charge is 2.15. The molecule has 0 aliphatic heterocycles. The first-order valence-corrected chi connectivity index (χ1v) is 5.96. The number of hydrogen-bond donors (Lipinski definition) is 1. The zero-order chi connectivity index (χ0) is 13.2. The summed E-state index contributed by atoms with van der Waals surface area (Å²) >= 11 is 0. The molecule has 1 atom stereocenters. The number of fused-ring (bicyclic) bond motifs is 1. The van der Waals surface area contributed by atoms with Crippen molar-refractivity contribution in [3.8, 4) is 0 Å². The first-order chi connectivity index (χ1) is 9.25. The van der Waals surface area contributed by atoms with Gasteiger partial charge in [-0.1, -0.05) is 12.1 Å². The topological polar surface area (TPSA) is 76.7 Å². The zero-order valence-corrected chi connectivity index (χ0v) is 10.4. The minimum atomic E-state index is -0.678. The van der Waals surface area contributed by atoms with Crippen LogP contribution in [0.4, 0.5) is 0 Å². The van der Waals surface area contributed by atoms with Gasteiger partial charge in [-0.05, 0) is 6.07 Å². The third kappa shape index (κ3) is 2.17. The Balaban J connectivity index is 1.98. The van der Waals surface area contributed by atoms with E-state index in [0.29, 0.717) is 6.42 Å². The summed E-state index contributed by atoms with van der Waals surface area (Å²) in [5.41, 5.74) is 2.25. The van der Waals surface area contributed by atoms with Crippen molar-refractivity contribution in [2.45, 2.75) is 12.5 Å². The quantitative estimate of drug-likeness (QED) is 0.756. The monoisotopic (exact) mass is 255 g/mol. The molecule has 0 amide bonds. The fourth-order valence-electron chi connectivity index (χ4n) is 2.07. The van der Waals surface area contributed by atoms with E-state index in [4.69, 9.17) is 0 Å². The number of rotatable bonds is 3. The van der Waals surface area contributed by atoms with Gasteiger partial charge in [0, 0.05) is 31.4 Å². The van der Waals surface area contributed by atoms with Crippen LogP contribution >= 0.6 is 0 Å². The molecule has 0 spiro atoms. The summed E-state index contributed by atoms with van der Waals surface area (Å²) in [6.45, 7) is 0. The standard InChI is InChI=1S/C13H13N5O/c1-18-12(16-8-17-18)7-11(19)9-3-2-4-10-13(9)15-6-5-14-10/h2-6,8,11,19H,7H2,1H3. The Morgan fingerprint density at radius 2 is 2.05 bits per heavy atom. The third-order valence-electron chi connectivity index (χ3n) is 3.07. The van der Waals surface area contributed by atoms with Gasteiger partial charge in [-0.25, -0.2) is 4.98 Å². The van der Waals surface area contributed by atoms with Crippen LogP contribution in [0.25, 0.3) is 11.0 Å². The van der Waals surface area contributed by atoms with Crippen molar-refractivity contribution in [1.29, 1.82) is 0 Å². The van der Waals surface area contributed by atoms with E-state index in [9.17, 15) is 5.11 Å². The molecular formula is C13H13N5O. The number of aromatic nitrogens is 5. The first kappa shape index (κ1) is 11.7. The van der Waals surface area contributed by atoms with Gasteiger partial charge in [-0.2, -0.15) is 5.10 Å². The van der Waals surface area contributed by atoms with Crippen molar-refractivity contribution >= 4 is 11.0 Å². The summed E-state index contributed by atoms with van der Waals surface area (Å²) in [5, 5.41) is 14.4. The lowest BCUT2D eigenvalue weighted by Gasteiger charge is -2.12. The van der Waals surface area contributed by atoms with E-state index in [1.807, 2.05) is 18.2 Å². The number of para-hydroxylation sites is 1. The SMILES string of the molecule is Cn1ncnc1CC(O)c1cccc2nccnc12. The van der Waals surface area contributed by atoms with E-state index in [1.54, 1.807) is 24.1 Å². The average Bonchev–Trinajstić information content (AvgIpc) is 2.83. The highest BCUT2D eigenvalue weighted by molar-refractivity contribution is 5.77. The molecule has 6 heteroatoms. The summed E-state index contributed by atoms with van der Waals surface area (Å²) in [7, 11) is 1.80. The molecule has 0 saturated heterocycles. The number of aryl methyl sites for hydroxylation is 1. The molecule has 2 heterocycles. The lowest BCUT2D eigenvalue weighted by molar-refractivity contribution is 0.176. The highest BCUT2D eigenvalue weighted by Crippen LogP contribution is 2.23. The Morgan fingerprint density at radius 1 is 1.21 bits per heavy atom. The molecule has 1 unspecified atom stereocenters. The van der Waals surface area contributed by atoms with E-state index in [1.165, 1.54) is 6.33 Å². The Kier molecular flexibility index (Phi) is 2.92. The molecule has 0 aliphatic carbocycles. The van der Waals surface area contributed by atoms with Crippen molar-refractivity contribution in [3.63, 3.8) is 0 Å². The Hall–Kier alpha value is -2.34. The van der Waals surface area contributed by atoms with E-state index < -0.39 is 6.10 Å². The van der Waals surface area contributed by atoms with Gasteiger partial charge in [0.25, 0.3) is 0 Å². The molecule has 0 fully saturated rings. The first-order valence-electron chi connectivity index (χ1n) is 5.96. The van der Waals surface area contributed by atoms with Gasteiger partial charge in [0.1, 0.15) is 12.2 Å². The second-order valence-corrected chi connectivity index (χ2v) is 4.29. The van der Waals surface area contributed by atoms with Crippen LogP contribution in [0.15, 0.2) is 36.9 Å². The average molecular weight is 255 g/mol. The van der Waals surface area contributed by atoms with E-state index in [-0.39, 0.29) is 0 Å². The van der Waals surface area contributed by atoms with Crippen LogP contribution in [0, 0.1) is 0 Å². The Morgan fingerprint density at radius 3 is 2.84 bits per heavy atom. The zero-order valence-electron chi connectivity index (χ0n) is 10.4. The van der Waals surface area contributed by atoms with Crippen LogP contribution in [0.2, 0.25) is 0 Å². The van der Waals surface area contributed by atoms with Crippen LogP contribution < -0.4 is 0 Å². The normalized spacial score (nSPS) is 12.7. The van der Waals surface area contributed by atoms with Gasteiger partial charge in [0.15, 0.2) is 0 Å². The molecule has 1 N–H and O–H groups in total. The molecule has 6 nitrogen and oxygen atoms in total. The third-order valence-corrected chi connectivity index (χ3v) is 3.07. The van der Waals surface area contributed by atoms with Gasteiger partial charge in [0.2, 0.25) is 0 Å². The van der Waals surface area contributed by atoms with Crippen molar-refractivity contribution in [1.82, 2.24) is 24.7 Å². The number of hydrogen-bond acceptors (Lipinski definition) is 5. The summed E-state index contributed by atoms with van der Waals surface area (Å²) in [5.74, 6) is 0.730. The second-order valence-electron chi connectivity index (χ2n) is 4.29. The number of aliphatic hydroxyl groups excluding tert-OH is 1. The number of benzene rings is 1. The van der Waals surface area contributed by atoms with Gasteiger partial charge >= 0.3 is 0 Å². The lowest BCUT2D eigenvalue weighted by Crippen LogP contribution is -2.08. The van der Waals surface area contributed by atoms with Crippen molar-refractivity contribution in [2.24, 2.45) is 7.05 Å². The summed E-state index contributed by atoms with van der Waals surface area (Å²) < 4.78 is 1.65. The molecule has 96 valence electrons. The summed E-state index contributed by atoms with van der Waals surface area (Å²) in [6.07, 6.45) is 4.46. The molecule has 1 aromatic carbocycles. The van der Waals surface area contributed by atoms with Crippen LogP contribution in [-0.2, 0) is 13.5 Å². The maximum Gasteiger partial charge on any atom is 0.138 e. The maximum atomic E-state index is 10.4. The predicted molar refractivity (Wildman–Crippen MR) is 69.2 cm³/mol. The van der Waals surface area contributed by atoms with Crippen molar-refractivity contribution < 1.29 is 5.11 Å². The van der Waals surface area contributed by atoms with Crippen LogP contribution in [0.5, 0.6) is 0 Å². The summed E-state index contributed by atoms with van der Waals surface area (Å²) in [6, 6.07) is 5.60. The molecule has 3 rings (SSSR count). The maximum absolute atomic E-state index is 10.4. The van der Waals surface area contributed by atoms with Crippen LogP contribution in [0.3, 0.4) is 0 Å². The lowest BCUT2D eigenvalue weighted by atomic mass is 10.0. The van der Waals surface area contributed by atoms with Gasteiger partial charge in [-0.15, -0.1) is 0 Å². The molecular weight excluding hydrogens is 242 g/mol. The summed E-state index contributed by atoms with van der Waals surface area (Å²) in [4.78, 5) is 12.6. The fourth-order valence-corrected chi connectivity index (χ4v) is 2.07. The molecule has 0 saturated carbocycles. The van der Waals surface area contributed by atoms with Crippen molar-refractivity contribution in [3.05, 3.63) is 48.3 Å². The largest absolute Gasteiger partial charge is 0.388 e. The molecule has 3 aromatic rings. The van der Waals surface area contributed by atoms with Gasteiger partial charge in [0.05, 0.1) is 17.1 Å². The van der Waals surface area contributed by atoms with E-state index >= 15 is 0 Å². The van der Waals surface area contributed by atoms with Crippen LogP contribution in [0.1, 0.15) is 17.5 Å². The molecule has 0 aliphatic rings. The van der Waals surface area contributed by atoms with E-state index in [0.717, 1.165) is 22.4 Å². The molecule has 0 radical (unpaired) electrons. The van der Waals surface area contributed by atoms with Gasteiger partial charge < -0.3 is 5.11 Å². The number of nitrogens with zero attached hydrogens (tertiary/aromatic N) is 5. The highest BCUT2D eigenvalue weighted by atomic mass is 16.3. The van der Waals surface area contributed by atoms with Crippen LogP contribution in [-0.4, -0.2) is 29.8 Å². The molecule has 19 heavy (non-hydrogen) atoms. The fraction of sp³-hybridized carbons (Fsp3) is 0.231. The Labute approximate surface area is 109 Å². The Bertz CT molecular complexity index is 704. The molecule has 0 bridgehead atoms. The van der Waals surface area contributed by atoms with Gasteiger partial charge in [-0.3, -0.25) is 14.6 Å². The molecule has 2 aromatic heterocycles. The van der Waals surface area contributed by atoms with Crippen molar-refractivity contribution in [2.75, 3.05) is 0 Å². The van der Waals surface area contributed by atoms with E-state index in [2.05, 4.69) is 20.1 Å². The minimum Gasteiger partial charge on any atom is -0.388 e. The number of aliphatic hydroxyl groups is 1. The second kappa shape index (κ2) is 4.74. The minimum absolute atomic E-state index is 0.395. The predicted octanol–water partition coefficient (Wildman–Crippen LogP) is 1.03.